The van der Waals surface area contributed by atoms with E-state index in [0.717, 1.165) is 31.3 Å². The van der Waals surface area contributed by atoms with Crippen LogP contribution < -0.4 is 10.2 Å². The van der Waals surface area contributed by atoms with Crippen molar-refractivity contribution in [1.82, 2.24) is 0 Å². The number of hydrogen-bond acceptors (Lipinski definition) is 5. The van der Waals surface area contributed by atoms with Crippen molar-refractivity contribution in [2.75, 3.05) is 16.8 Å². The molecular weight excluding hydrogens is 508 g/mol. The van der Waals surface area contributed by atoms with Gasteiger partial charge in [-0.25, -0.2) is 0 Å². The molecule has 0 aliphatic carbocycles. The fourth-order valence-electron chi connectivity index (χ4n) is 3.95. The van der Waals surface area contributed by atoms with Gasteiger partial charge in [0.05, 0.1) is 16.9 Å². The van der Waals surface area contributed by atoms with Crippen molar-refractivity contribution < 1.29 is 20.1 Å². The van der Waals surface area contributed by atoms with Crippen molar-refractivity contribution in [3.8, 4) is 17.2 Å². The van der Waals surface area contributed by atoms with Crippen LogP contribution in [0.4, 0.5) is 17.1 Å². The molecule has 35 heavy (non-hydrogen) atoms. The molecule has 1 aliphatic rings. The molecule has 0 saturated heterocycles. The van der Waals surface area contributed by atoms with Gasteiger partial charge in [-0.3, -0.25) is 4.79 Å². The Labute approximate surface area is 215 Å². The molecule has 4 N–H and O–H groups in total. The molecule has 6 nitrogen and oxygen atoms in total. The summed E-state index contributed by atoms with van der Waals surface area (Å²) in [6.45, 7) is 8.66. The lowest BCUT2D eigenvalue weighted by Crippen LogP contribution is -2.30. The molecule has 0 radical (unpaired) electrons. The van der Waals surface area contributed by atoms with Gasteiger partial charge in [0, 0.05) is 12.6 Å². The number of nitrogens with one attached hydrogen (secondary N) is 1. The monoisotopic (exact) mass is 540 g/mol. The number of carbonyl (C=O) groups excluding carboxylic acids is 1. The minimum atomic E-state index is -0.345. The smallest absolute Gasteiger partial charge is 0.260 e. The second-order valence-corrected chi connectivity index (χ2v) is 9.95. The van der Waals surface area contributed by atoms with Gasteiger partial charge in [-0.2, -0.15) is 0 Å². The maximum absolute atomic E-state index is 13.5. The highest BCUT2D eigenvalue weighted by Gasteiger charge is 2.31. The van der Waals surface area contributed by atoms with E-state index >= 15 is 0 Å². The van der Waals surface area contributed by atoms with E-state index in [0.29, 0.717) is 5.69 Å². The number of hydrogen-bond donors (Lipinski definition) is 4. The number of phenolic OH excluding ortho intramolecular Hbond substituents is 3. The first-order chi connectivity index (χ1) is 16.6. The first kappa shape index (κ1) is 26.4. The lowest BCUT2D eigenvalue weighted by Gasteiger charge is -2.23. The average molecular weight is 541 g/mol. The molecule has 0 unspecified atom stereocenters. The fraction of sp³-hybridized carbons (Fsp3) is 0.321. The Kier molecular flexibility index (Phi) is 8.67. The van der Waals surface area contributed by atoms with Crippen LogP contribution in [0.2, 0.25) is 0 Å². The van der Waals surface area contributed by atoms with Crippen LogP contribution in [-0.4, -0.2) is 27.8 Å². The van der Waals surface area contributed by atoms with E-state index in [2.05, 4.69) is 54.2 Å². The predicted octanol–water partition coefficient (Wildman–Crippen LogP) is 7.69. The number of rotatable bonds is 8. The molecule has 1 amide bonds. The highest BCUT2D eigenvalue weighted by molar-refractivity contribution is 9.10. The number of aromatic hydroxyl groups is 3. The zero-order valence-electron chi connectivity index (χ0n) is 20.7. The van der Waals surface area contributed by atoms with Gasteiger partial charge in [-0.05, 0) is 81.4 Å². The standard InChI is InChI=1S/C28H33BrN2O4/c1-17(2)8-5-9-18(3)10-6-11-19(4)14-15-31-21-16-23(33)24(29)27(34)26(21)30-25-20(28(31)35)12-7-13-22(25)32/h7-8,10,12-14,16,30,32-34H,5-6,9,11,15H2,1-4H3. The average Bonchev–Trinajstić information content (AvgIpc) is 2.91. The normalized spacial score (nSPS) is 13.6. The zero-order chi connectivity index (χ0) is 25.7. The van der Waals surface area contributed by atoms with Crippen molar-refractivity contribution in [1.29, 1.82) is 0 Å². The largest absolute Gasteiger partial charge is 0.507 e. The molecule has 1 aliphatic heterocycles. The van der Waals surface area contributed by atoms with E-state index in [1.165, 1.54) is 28.2 Å². The number of halogens is 1. The molecule has 2 aromatic carbocycles. The Morgan fingerprint density at radius 1 is 0.943 bits per heavy atom. The van der Waals surface area contributed by atoms with Crippen molar-refractivity contribution in [3.05, 3.63) is 69.2 Å². The third-order valence-corrected chi connectivity index (χ3v) is 6.78. The van der Waals surface area contributed by atoms with Gasteiger partial charge < -0.3 is 25.5 Å². The summed E-state index contributed by atoms with van der Waals surface area (Å²) in [6.07, 6.45) is 10.4. The van der Waals surface area contributed by atoms with Crippen LogP contribution in [0.25, 0.3) is 0 Å². The molecule has 2 aromatic rings. The zero-order valence-corrected chi connectivity index (χ0v) is 22.2. The van der Waals surface area contributed by atoms with Crippen LogP contribution >= 0.6 is 15.9 Å². The number of anilines is 3. The van der Waals surface area contributed by atoms with Crippen LogP contribution in [0, 0.1) is 0 Å². The van der Waals surface area contributed by atoms with Gasteiger partial charge >= 0.3 is 0 Å². The summed E-state index contributed by atoms with van der Waals surface area (Å²) in [5.74, 6) is -0.887. The van der Waals surface area contributed by atoms with Crippen molar-refractivity contribution >= 4 is 38.9 Å². The maximum Gasteiger partial charge on any atom is 0.260 e. The number of carbonyl (C=O) groups is 1. The topological polar surface area (TPSA) is 93.0 Å². The van der Waals surface area contributed by atoms with Gasteiger partial charge in [-0.15, -0.1) is 0 Å². The lowest BCUT2D eigenvalue weighted by atomic mass is 10.1. The SMILES string of the molecule is CC(C)=CCCC(C)=CCCC(C)=CCN1C(=O)c2cccc(O)c2Nc2c1cc(O)c(Br)c2O. The van der Waals surface area contributed by atoms with Crippen molar-refractivity contribution in [3.63, 3.8) is 0 Å². The minimum Gasteiger partial charge on any atom is -0.507 e. The Hall–Kier alpha value is -3.19. The first-order valence-corrected chi connectivity index (χ1v) is 12.5. The lowest BCUT2D eigenvalue weighted by molar-refractivity contribution is 0.0991. The Bertz CT molecular complexity index is 1210. The molecule has 3 rings (SSSR count). The van der Waals surface area contributed by atoms with E-state index < -0.39 is 0 Å². The van der Waals surface area contributed by atoms with Crippen molar-refractivity contribution in [2.24, 2.45) is 0 Å². The van der Waals surface area contributed by atoms with Gasteiger partial charge in [0.2, 0.25) is 0 Å². The van der Waals surface area contributed by atoms with Crippen LogP contribution in [0.15, 0.2) is 63.7 Å². The number of phenols is 3. The number of benzene rings is 2. The summed E-state index contributed by atoms with van der Waals surface area (Å²) in [5.41, 5.74) is 4.87. The van der Waals surface area contributed by atoms with E-state index in [4.69, 9.17) is 0 Å². The molecule has 0 spiro atoms. The minimum absolute atomic E-state index is 0.105. The Morgan fingerprint density at radius 2 is 1.60 bits per heavy atom. The van der Waals surface area contributed by atoms with E-state index in [1.807, 2.05) is 13.0 Å². The maximum atomic E-state index is 13.5. The summed E-state index contributed by atoms with van der Waals surface area (Å²) in [7, 11) is 0. The van der Waals surface area contributed by atoms with E-state index in [1.54, 1.807) is 12.1 Å². The molecular formula is C28H33BrN2O4. The van der Waals surface area contributed by atoms with Gasteiger partial charge in [0.1, 0.15) is 21.7 Å². The molecule has 0 fully saturated rings. The molecule has 0 bridgehead atoms. The summed E-state index contributed by atoms with van der Waals surface area (Å²) in [5, 5.41) is 34.4. The molecule has 0 aromatic heterocycles. The third kappa shape index (κ3) is 6.28. The highest BCUT2D eigenvalue weighted by atomic mass is 79.9. The second kappa shape index (κ2) is 11.5. The molecule has 0 saturated carbocycles. The first-order valence-electron chi connectivity index (χ1n) is 11.7. The Balaban J connectivity index is 1.84. The van der Waals surface area contributed by atoms with Gasteiger partial charge in [-0.1, -0.05) is 41.0 Å². The number of amides is 1. The summed E-state index contributed by atoms with van der Waals surface area (Å²) >= 11 is 3.18. The summed E-state index contributed by atoms with van der Waals surface area (Å²) < 4.78 is 0.105. The number of fused-ring (bicyclic) bond motifs is 2. The van der Waals surface area contributed by atoms with Gasteiger partial charge in [0.25, 0.3) is 5.91 Å². The molecule has 7 heteroatoms. The molecule has 1 heterocycles. The van der Waals surface area contributed by atoms with E-state index in [-0.39, 0.29) is 51.1 Å². The van der Waals surface area contributed by atoms with E-state index in [9.17, 15) is 20.1 Å². The van der Waals surface area contributed by atoms with Crippen LogP contribution in [0.5, 0.6) is 17.2 Å². The molecule has 186 valence electrons. The second-order valence-electron chi connectivity index (χ2n) is 9.15. The predicted molar refractivity (Wildman–Crippen MR) is 146 cm³/mol. The summed E-state index contributed by atoms with van der Waals surface area (Å²) in [4.78, 5) is 15.0. The third-order valence-electron chi connectivity index (χ3n) is 6.00. The number of para-hydroxylation sites is 1. The van der Waals surface area contributed by atoms with Crippen LogP contribution in [0.3, 0.4) is 0 Å². The van der Waals surface area contributed by atoms with Crippen LogP contribution in [0.1, 0.15) is 63.7 Å². The van der Waals surface area contributed by atoms with Crippen LogP contribution in [-0.2, 0) is 0 Å². The fourth-order valence-corrected chi connectivity index (χ4v) is 4.26. The Morgan fingerprint density at radius 3 is 2.29 bits per heavy atom. The van der Waals surface area contributed by atoms with Gasteiger partial charge in [0.15, 0.2) is 5.75 Å². The number of allylic oxidation sites excluding steroid dienone is 5. The number of nitrogens with zero attached hydrogens (tertiary/aromatic N) is 1. The highest BCUT2D eigenvalue weighted by Crippen LogP contribution is 2.50. The quantitative estimate of drug-likeness (QED) is 0.156. The summed E-state index contributed by atoms with van der Waals surface area (Å²) in [6, 6.07) is 6.12. The molecule has 0 atom stereocenters. The van der Waals surface area contributed by atoms with Crippen molar-refractivity contribution in [2.45, 2.75) is 53.4 Å².